The van der Waals surface area contributed by atoms with E-state index in [9.17, 15) is 0 Å². The molecule has 0 aliphatic rings. The normalized spacial score (nSPS) is 11.8. The van der Waals surface area contributed by atoms with E-state index in [0.717, 1.165) is 78.0 Å². The predicted octanol–water partition coefficient (Wildman–Crippen LogP) is 12.4. The Morgan fingerprint density at radius 1 is 0.358 bits per heavy atom. The van der Waals surface area contributed by atoms with Crippen molar-refractivity contribution in [1.29, 1.82) is 0 Å². The minimum atomic E-state index is 0.779. The van der Waals surface area contributed by atoms with Gasteiger partial charge < -0.3 is 4.42 Å². The Balaban J connectivity index is 1.17. The summed E-state index contributed by atoms with van der Waals surface area (Å²) in [5, 5.41) is 10.4. The number of pyridine rings is 4. The molecule has 5 aromatic heterocycles. The Morgan fingerprint density at radius 3 is 1.55 bits per heavy atom. The minimum Gasteiger partial charge on any atom is -0.455 e. The van der Waals surface area contributed by atoms with Crippen LogP contribution in [0.1, 0.15) is 0 Å². The van der Waals surface area contributed by atoms with Gasteiger partial charge in [-0.05, 0) is 104 Å². The lowest BCUT2D eigenvalue weighted by Crippen LogP contribution is -1.94. The Labute approximate surface area is 303 Å². The maximum atomic E-state index is 6.68. The number of hydrogen-bond donors (Lipinski definition) is 0. The van der Waals surface area contributed by atoms with Crippen LogP contribution in [0.25, 0.3) is 110 Å². The van der Waals surface area contributed by atoms with E-state index in [1.54, 1.807) is 12.4 Å². The van der Waals surface area contributed by atoms with Crippen molar-refractivity contribution in [3.8, 4) is 45.2 Å². The van der Waals surface area contributed by atoms with Crippen LogP contribution in [0.5, 0.6) is 0 Å². The summed E-state index contributed by atoms with van der Waals surface area (Å²) in [5.41, 5.74) is 9.63. The number of fused-ring (bicyclic) bond motifs is 11. The molecule has 0 saturated heterocycles. The van der Waals surface area contributed by atoms with Crippen molar-refractivity contribution in [2.75, 3.05) is 0 Å². The lowest BCUT2D eigenvalue weighted by molar-refractivity contribution is 0.672. The topological polar surface area (TPSA) is 64.7 Å². The lowest BCUT2D eigenvalue weighted by atomic mass is 9.92. The summed E-state index contributed by atoms with van der Waals surface area (Å²) < 4.78 is 6.68. The molecular weight excluding hydrogens is 649 g/mol. The second-order valence-corrected chi connectivity index (χ2v) is 13.4. The van der Waals surface area contributed by atoms with E-state index in [2.05, 4.69) is 119 Å². The molecule has 0 atom stereocenters. The van der Waals surface area contributed by atoms with Crippen molar-refractivity contribution in [3.05, 3.63) is 170 Å². The number of benzene rings is 6. The predicted molar refractivity (Wildman–Crippen MR) is 217 cm³/mol. The molecule has 0 unspecified atom stereocenters. The molecule has 5 nitrogen and oxygen atoms in total. The van der Waals surface area contributed by atoms with Gasteiger partial charge in [0.2, 0.25) is 0 Å². The van der Waals surface area contributed by atoms with Gasteiger partial charge >= 0.3 is 0 Å². The molecule has 0 bridgehead atoms. The van der Waals surface area contributed by atoms with Gasteiger partial charge in [0.15, 0.2) is 0 Å². The molecule has 0 amide bonds. The summed E-state index contributed by atoms with van der Waals surface area (Å²) in [6.45, 7) is 0. The van der Waals surface area contributed by atoms with E-state index in [0.29, 0.717) is 0 Å². The zero-order chi connectivity index (χ0) is 34.9. The molecule has 0 aliphatic carbocycles. The second kappa shape index (κ2) is 11.7. The van der Waals surface area contributed by atoms with E-state index >= 15 is 0 Å². The standard InChI is InChI=1S/C48H28N4O/c1-2-13-34-32(11-1)33-12-3-4-14-35(33)39-25-30(20-21-36(34)39)47-46-38-15-5-6-18-45(38)53-48(46)37-22-19-29(26-42(37)52-47)31-27-43(40-16-7-9-23-49-40)51-44(28-31)41-17-8-10-24-50-41/h1-28H. The number of furan rings is 1. The van der Waals surface area contributed by atoms with E-state index < -0.39 is 0 Å². The molecule has 5 heterocycles. The molecule has 11 aromatic rings. The Bertz CT molecular complexity index is 3130. The highest BCUT2D eigenvalue weighted by Gasteiger charge is 2.20. The van der Waals surface area contributed by atoms with Crippen LogP contribution < -0.4 is 0 Å². The van der Waals surface area contributed by atoms with Crippen LogP contribution in [0.2, 0.25) is 0 Å². The molecule has 5 heteroatoms. The molecule has 0 radical (unpaired) electrons. The average molecular weight is 677 g/mol. The maximum Gasteiger partial charge on any atom is 0.147 e. The fourth-order valence-electron chi connectivity index (χ4n) is 7.89. The van der Waals surface area contributed by atoms with Gasteiger partial charge in [0.25, 0.3) is 0 Å². The number of rotatable bonds is 4. The molecule has 0 fully saturated rings. The van der Waals surface area contributed by atoms with Gasteiger partial charge in [0.05, 0.1) is 39.4 Å². The van der Waals surface area contributed by atoms with Gasteiger partial charge in [-0.25, -0.2) is 9.97 Å². The number of aromatic nitrogens is 4. The summed E-state index contributed by atoms with van der Waals surface area (Å²) in [6.07, 6.45) is 3.59. The summed E-state index contributed by atoms with van der Waals surface area (Å²) >= 11 is 0. The van der Waals surface area contributed by atoms with Gasteiger partial charge in [-0.2, -0.15) is 0 Å². The van der Waals surface area contributed by atoms with Gasteiger partial charge in [-0.3, -0.25) is 9.97 Å². The maximum absolute atomic E-state index is 6.68. The fourth-order valence-corrected chi connectivity index (χ4v) is 7.89. The first-order valence-corrected chi connectivity index (χ1v) is 17.7. The quantitative estimate of drug-likeness (QED) is 0.174. The van der Waals surface area contributed by atoms with Crippen LogP contribution in [0.3, 0.4) is 0 Å². The summed E-state index contributed by atoms with van der Waals surface area (Å²) in [6, 6.07) is 54.8. The third-order valence-electron chi connectivity index (χ3n) is 10.3. The van der Waals surface area contributed by atoms with E-state index in [1.807, 2.05) is 48.5 Å². The van der Waals surface area contributed by atoms with E-state index in [4.69, 9.17) is 14.4 Å². The van der Waals surface area contributed by atoms with Gasteiger partial charge in [0, 0.05) is 28.7 Å². The first-order valence-electron chi connectivity index (χ1n) is 17.7. The van der Waals surface area contributed by atoms with E-state index in [-0.39, 0.29) is 0 Å². The molecule has 11 rings (SSSR count). The SMILES string of the molecule is c1ccc(-c2cc(-c3ccc4c(c3)nc(-c3ccc5c6ccccc6c6ccccc6c5c3)c3c5ccccc5oc43)cc(-c3ccccn3)n2)nc1. The minimum absolute atomic E-state index is 0.779. The molecule has 53 heavy (non-hydrogen) atoms. The third kappa shape index (κ3) is 4.71. The Morgan fingerprint density at radius 2 is 0.906 bits per heavy atom. The van der Waals surface area contributed by atoms with Crippen molar-refractivity contribution in [2.45, 2.75) is 0 Å². The molecule has 0 saturated carbocycles. The second-order valence-electron chi connectivity index (χ2n) is 13.4. The van der Waals surface area contributed by atoms with Crippen LogP contribution in [-0.4, -0.2) is 19.9 Å². The lowest BCUT2D eigenvalue weighted by Gasteiger charge is -2.13. The van der Waals surface area contributed by atoms with E-state index in [1.165, 1.54) is 32.3 Å². The van der Waals surface area contributed by atoms with Crippen molar-refractivity contribution in [1.82, 2.24) is 19.9 Å². The third-order valence-corrected chi connectivity index (χ3v) is 10.3. The van der Waals surface area contributed by atoms with Crippen LogP contribution in [0.15, 0.2) is 175 Å². The Kier molecular flexibility index (Phi) is 6.48. The molecule has 0 spiro atoms. The molecule has 0 aliphatic heterocycles. The van der Waals surface area contributed by atoms with Crippen molar-refractivity contribution >= 4 is 65.2 Å². The zero-order valence-electron chi connectivity index (χ0n) is 28.4. The largest absolute Gasteiger partial charge is 0.455 e. The highest BCUT2D eigenvalue weighted by Crippen LogP contribution is 2.43. The average Bonchev–Trinajstić information content (AvgIpc) is 3.64. The first kappa shape index (κ1) is 29.5. The number of hydrogen-bond acceptors (Lipinski definition) is 5. The summed E-state index contributed by atoms with van der Waals surface area (Å²) in [7, 11) is 0. The van der Waals surface area contributed by atoms with Crippen molar-refractivity contribution < 1.29 is 4.42 Å². The van der Waals surface area contributed by atoms with Crippen molar-refractivity contribution in [2.24, 2.45) is 0 Å². The van der Waals surface area contributed by atoms with Gasteiger partial charge in [0.1, 0.15) is 11.2 Å². The van der Waals surface area contributed by atoms with Crippen molar-refractivity contribution in [3.63, 3.8) is 0 Å². The monoisotopic (exact) mass is 676 g/mol. The molecule has 246 valence electrons. The summed E-state index contributed by atoms with van der Waals surface area (Å²) in [4.78, 5) is 19.7. The number of nitrogens with zero attached hydrogens (tertiary/aromatic N) is 4. The van der Waals surface area contributed by atoms with Crippen LogP contribution in [-0.2, 0) is 0 Å². The highest BCUT2D eigenvalue weighted by molar-refractivity contribution is 6.26. The van der Waals surface area contributed by atoms with Crippen LogP contribution in [0, 0.1) is 0 Å². The van der Waals surface area contributed by atoms with Crippen LogP contribution >= 0.6 is 0 Å². The van der Waals surface area contributed by atoms with Gasteiger partial charge in [-0.15, -0.1) is 0 Å². The van der Waals surface area contributed by atoms with Crippen LogP contribution in [0.4, 0.5) is 0 Å². The highest BCUT2D eigenvalue weighted by atomic mass is 16.3. The zero-order valence-corrected chi connectivity index (χ0v) is 28.4. The molecule has 0 N–H and O–H groups in total. The Hall–Kier alpha value is -7.24. The molecular formula is C48H28N4O. The fraction of sp³-hybridized carbons (Fsp3) is 0. The smallest absolute Gasteiger partial charge is 0.147 e. The first-order chi connectivity index (χ1) is 26.3. The summed E-state index contributed by atoms with van der Waals surface area (Å²) in [5.74, 6) is 0. The van der Waals surface area contributed by atoms with Gasteiger partial charge in [-0.1, -0.05) is 97.1 Å². The molecule has 6 aromatic carbocycles. The number of para-hydroxylation sites is 1.